The molecule has 10 nitrogen and oxygen atoms in total. The Labute approximate surface area is 189 Å². The van der Waals surface area contributed by atoms with Gasteiger partial charge in [0.05, 0.1) is 24.1 Å². The molecule has 2 N–H and O–H groups in total. The molecule has 0 atom stereocenters. The van der Waals surface area contributed by atoms with Gasteiger partial charge in [-0.05, 0) is 25.1 Å². The smallest absolute Gasteiger partial charge is 0.306 e. The van der Waals surface area contributed by atoms with Crippen LogP contribution in [0.5, 0.6) is 5.75 Å². The maximum atomic E-state index is 12.9. The number of nitrogens with zero attached hydrogens (tertiary/aromatic N) is 3. The molecule has 0 aliphatic heterocycles. The Morgan fingerprint density at radius 3 is 2.47 bits per heavy atom. The van der Waals surface area contributed by atoms with Crippen LogP contribution >= 0.6 is 11.3 Å². The van der Waals surface area contributed by atoms with Gasteiger partial charge in [0, 0.05) is 24.4 Å². The molecule has 0 bridgehead atoms. The number of benzene rings is 1. The van der Waals surface area contributed by atoms with Crippen molar-refractivity contribution >= 4 is 42.5 Å². The topological polar surface area (TPSA) is 150 Å². The first-order valence-electron chi connectivity index (χ1n) is 9.06. The number of aryl methyl sites for hydroxylation is 1. The number of carbonyl (C=O) groups is 1. The van der Waals surface area contributed by atoms with Gasteiger partial charge >= 0.3 is 10.1 Å². The quantitative estimate of drug-likeness (QED) is 0.486. The number of hydrogen-bond acceptors (Lipinski definition) is 9. The van der Waals surface area contributed by atoms with Gasteiger partial charge in [0.15, 0.2) is 9.34 Å². The Morgan fingerprint density at radius 1 is 1.19 bits per heavy atom. The number of primary sulfonamides is 1. The fourth-order valence-electron chi connectivity index (χ4n) is 2.80. The van der Waals surface area contributed by atoms with Crippen LogP contribution in [0.1, 0.15) is 11.3 Å². The van der Waals surface area contributed by atoms with E-state index in [0.29, 0.717) is 16.8 Å². The van der Waals surface area contributed by atoms with Crippen molar-refractivity contribution in [2.75, 3.05) is 18.2 Å². The largest absolute Gasteiger partial charge is 0.382 e. The zero-order valence-electron chi connectivity index (χ0n) is 17.3. The number of carbonyl (C=O) groups excluding carboxylic acids is 1. The highest BCUT2D eigenvalue weighted by atomic mass is 32.2. The van der Waals surface area contributed by atoms with Gasteiger partial charge in [0.2, 0.25) is 15.9 Å². The van der Waals surface area contributed by atoms with Crippen molar-refractivity contribution in [1.82, 2.24) is 9.97 Å². The van der Waals surface area contributed by atoms with E-state index in [4.69, 9.17) is 9.32 Å². The number of sulfonamides is 1. The summed E-state index contributed by atoms with van der Waals surface area (Å²) in [6.07, 6.45) is 2.29. The van der Waals surface area contributed by atoms with Gasteiger partial charge in [-0.25, -0.2) is 18.5 Å². The molecule has 0 aliphatic carbocycles. The summed E-state index contributed by atoms with van der Waals surface area (Å²) in [4.78, 5) is 22.4. The highest BCUT2D eigenvalue weighted by Gasteiger charge is 2.23. The summed E-state index contributed by atoms with van der Waals surface area (Å²) in [5.74, 6) is -0.457. The predicted octanol–water partition coefficient (Wildman–Crippen LogP) is 1.70. The van der Waals surface area contributed by atoms with Gasteiger partial charge in [-0.3, -0.25) is 14.7 Å². The SMILES string of the molecule is Cc1nc(N(C)C(=O)Cc2ccc(-c3ccccn3)cc2OS(C)(=O)=O)sc1S(N)(=O)=O. The Morgan fingerprint density at radius 2 is 1.91 bits per heavy atom. The van der Waals surface area contributed by atoms with Crippen molar-refractivity contribution in [2.24, 2.45) is 5.14 Å². The fourth-order valence-corrected chi connectivity index (χ4v) is 5.21. The molecule has 0 unspecified atom stereocenters. The standard InChI is InChI=1S/C19H20N4O6S3/c1-12-18(32(20,27)28)30-19(22-12)23(2)17(24)11-14-8-7-13(15-6-4-5-9-21-15)10-16(14)29-31(3,25)26/h4-10H,11H2,1-3H3,(H2,20,27,28). The molecular weight excluding hydrogens is 476 g/mol. The molecule has 1 aromatic carbocycles. The molecule has 32 heavy (non-hydrogen) atoms. The minimum atomic E-state index is -3.96. The molecule has 1 amide bonds. The molecule has 3 rings (SSSR count). The second-order valence-corrected chi connectivity index (χ2v) is 11.2. The van der Waals surface area contributed by atoms with E-state index in [2.05, 4.69) is 9.97 Å². The highest BCUT2D eigenvalue weighted by Crippen LogP contribution is 2.31. The number of likely N-dealkylation sites (N-methyl/N-ethyl adjacent to an activating group) is 1. The van der Waals surface area contributed by atoms with Crippen molar-refractivity contribution in [2.45, 2.75) is 17.6 Å². The third-order valence-corrected chi connectivity index (χ3v) is 7.54. The van der Waals surface area contributed by atoms with Crippen LogP contribution in [0.25, 0.3) is 11.3 Å². The van der Waals surface area contributed by atoms with E-state index in [-0.39, 0.29) is 27.2 Å². The third kappa shape index (κ3) is 5.68. The minimum absolute atomic E-state index is 0.00190. The van der Waals surface area contributed by atoms with Crippen LogP contribution in [0.2, 0.25) is 0 Å². The number of anilines is 1. The summed E-state index contributed by atoms with van der Waals surface area (Å²) in [6.45, 7) is 1.48. The van der Waals surface area contributed by atoms with Gasteiger partial charge in [-0.2, -0.15) is 8.42 Å². The average Bonchev–Trinajstić information content (AvgIpc) is 3.10. The zero-order chi connectivity index (χ0) is 23.7. The Hall–Kier alpha value is -2.87. The van der Waals surface area contributed by atoms with E-state index in [9.17, 15) is 21.6 Å². The van der Waals surface area contributed by atoms with Crippen LogP contribution < -0.4 is 14.2 Å². The lowest BCUT2D eigenvalue weighted by Crippen LogP contribution is -2.28. The summed E-state index contributed by atoms with van der Waals surface area (Å²) in [6, 6.07) is 10.1. The maximum absolute atomic E-state index is 12.9. The molecule has 3 aromatic rings. The molecular formula is C19H20N4O6S3. The number of amides is 1. The second-order valence-electron chi connectivity index (χ2n) is 6.87. The van der Waals surface area contributed by atoms with Crippen LogP contribution in [-0.2, 0) is 31.4 Å². The van der Waals surface area contributed by atoms with Crippen molar-refractivity contribution in [3.05, 3.63) is 53.9 Å². The van der Waals surface area contributed by atoms with Crippen LogP contribution in [0.4, 0.5) is 5.13 Å². The van der Waals surface area contributed by atoms with Crippen LogP contribution in [0.15, 0.2) is 46.8 Å². The van der Waals surface area contributed by atoms with Gasteiger partial charge in [-0.1, -0.05) is 29.5 Å². The molecule has 2 heterocycles. The Balaban J connectivity index is 1.92. The van der Waals surface area contributed by atoms with Crippen molar-refractivity contribution in [3.8, 4) is 17.0 Å². The Bertz CT molecular complexity index is 1370. The van der Waals surface area contributed by atoms with Crippen molar-refractivity contribution in [3.63, 3.8) is 0 Å². The number of aromatic nitrogens is 2. The first-order valence-corrected chi connectivity index (χ1v) is 13.2. The lowest BCUT2D eigenvalue weighted by Gasteiger charge is -2.16. The summed E-state index contributed by atoms with van der Waals surface area (Å²) >= 11 is 0.773. The summed E-state index contributed by atoms with van der Waals surface area (Å²) < 4.78 is 51.8. The summed E-state index contributed by atoms with van der Waals surface area (Å²) in [5.41, 5.74) is 1.73. The molecule has 0 aliphatic rings. The van der Waals surface area contributed by atoms with E-state index in [1.54, 1.807) is 36.5 Å². The predicted molar refractivity (Wildman–Crippen MR) is 120 cm³/mol. The van der Waals surface area contributed by atoms with Crippen LogP contribution in [0.3, 0.4) is 0 Å². The monoisotopic (exact) mass is 496 g/mol. The molecule has 0 fully saturated rings. The first-order chi connectivity index (χ1) is 14.8. The van der Waals surface area contributed by atoms with E-state index in [1.807, 2.05) is 0 Å². The maximum Gasteiger partial charge on any atom is 0.306 e. The van der Waals surface area contributed by atoms with E-state index >= 15 is 0 Å². The number of rotatable bonds is 7. The van der Waals surface area contributed by atoms with Gasteiger partial charge in [0.25, 0.3) is 0 Å². The second kappa shape index (κ2) is 8.94. The highest BCUT2D eigenvalue weighted by molar-refractivity contribution is 7.91. The van der Waals surface area contributed by atoms with Crippen LogP contribution in [-0.4, -0.2) is 46.0 Å². The summed E-state index contributed by atoms with van der Waals surface area (Å²) in [5, 5.41) is 5.32. The molecule has 13 heteroatoms. The Kier molecular flexibility index (Phi) is 6.64. The van der Waals surface area contributed by atoms with Gasteiger partial charge in [0.1, 0.15) is 5.75 Å². The minimum Gasteiger partial charge on any atom is -0.382 e. The first kappa shape index (κ1) is 23.8. The molecule has 170 valence electrons. The number of pyridine rings is 1. The van der Waals surface area contributed by atoms with E-state index in [0.717, 1.165) is 17.6 Å². The lowest BCUT2D eigenvalue weighted by atomic mass is 10.0. The molecule has 0 radical (unpaired) electrons. The molecule has 0 saturated carbocycles. The van der Waals surface area contributed by atoms with E-state index < -0.39 is 26.0 Å². The average molecular weight is 497 g/mol. The normalized spacial score (nSPS) is 11.9. The molecule has 0 spiro atoms. The van der Waals surface area contributed by atoms with Crippen molar-refractivity contribution in [1.29, 1.82) is 0 Å². The molecule has 2 aromatic heterocycles. The van der Waals surface area contributed by atoms with Gasteiger partial charge < -0.3 is 4.18 Å². The van der Waals surface area contributed by atoms with Crippen LogP contribution in [0, 0.1) is 6.92 Å². The third-order valence-electron chi connectivity index (χ3n) is 4.27. The lowest BCUT2D eigenvalue weighted by molar-refractivity contribution is -0.117. The number of nitrogens with two attached hydrogens (primary N) is 1. The summed E-state index contributed by atoms with van der Waals surface area (Å²) in [7, 11) is -6.39. The number of hydrogen-bond donors (Lipinski definition) is 1. The van der Waals surface area contributed by atoms with Crippen molar-refractivity contribution < 1.29 is 25.8 Å². The zero-order valence-corrected chi connectivity index (χ0v) is 19.8. The van der Waals surface area contributed by atoms with E-state index in [1.165, 1.54) is 24.9 Å². The number of thiazole rings is 1. The fraction of sp³-hybridized carbons (Fsp3) is 0.211. The molecule has 0 saturated heterocycles. The van der Waals surface area contributed by atoms with Gasteiger partial charge in [-0.15, -0.1) is 0 Å².